The molecule has 5 nitrogen and oxygen atoms in total. The number of hydrogen-bond acceptors (Lipinski definition) is 4. The average Bonchev–Trinajstić information content (AvgIpc) is 2.72. The topological polar surface area (TPSA) is 52.6 Å². The van der Waals surface area contributed by atoms with Gasteiger partial charge in [0.15, 0.2) is 0 Å². The second-order valence-corrected chi connectivity index (χ2v) is 5.27. The SMILES string of the molecule is C[N+]12CC(=O)O[B-]1(C=Cc1ccccc1)OC(=O)C2. The summed E-state index contributed by atoms with van der Waals surface area (Å²) in [6, 6.07) is 9.62. The summed E-state index contributed by atoms with van der Waals surface area (Å²) in [5, 5.41) is 0. The Balaban J connectivity index is 1.95. The monoisotopic (exact) mass is 259 g/mol. The van der Waals surface area contributed by atoms with Crippen LogP contribution in [-0.4, -0.2) is 43.2 Å². The van der Waals surface area contributed by atoms with Crippen molar-refractivity contribution in [1.29, 1.82) is 0 Å². The van der Waals surface area contributed by atoms with Crippen LogP contribution in [-0.2, 0) is 18.9 Å². The molecule has 0 aliphatic carbocycles. The Bertz CT molecular complexity index is 549. The summed E-state index contributed by atoms with van der Waals surface area (Å²) >= 11 is 0. The van der Waals surface area contributed by atoms with Crippen molar-refractivity contribution in [2.45, 2.75) is 0 Å². The van der Waals surface area contributed by atoms with Gasteiger partial charge in [0.05, 0.1) is 0 Å². The van der Waals surface area contributed by atoms with Gasteiger partial charge in [-0.1, -0.05) is 42.4 Å². The molecule has 0 spiro atoms. The van der Waals surface area contributed by atoms with Gasteiger partial charge in [0.1, 0.15) is 13.1 Å². The number of carbonyl (C=O) groups excluding carboxylic acids is 2. The van der Waals surface area contributed by atoms with Gasteiger partial charge >= 0.3 is 18.6 Å². The zero-order valence-corrected chi connectivity index (χ0v) is 10.6. The van der Waals surface area contributed by atoms with Gasteiger partial charge in [-0.05, 0) is 5.56 Å². The van der Waals surface area contributed by atoms with Gasteiger partial charge in [-0.25, -0.2) is 0 Å². The van der Waals surface area contributed by atoms with E-state index in [0.717, 1.165) is 5.56 Å². The van der Waals surface area contributed by atoms with Crippen molar-refractivity contribution >= 4 is 24.7 Å². The highest BCUT2D eigenvalue weighted by atomic mass is 16.7. The number of rotatable bonds is 2. The molecule has 0 bridgehead atoms. The normalized spacial score (nSPS) is 33.3. The fourth-order valence-electron chi connectivity index (χ4n) is 2.71. The maximum atomic E-state index is 11.5. The number of fused-ring (bicyclic) bond motifs is 1. The van der Waals surface area contributed by atoms with E-state index >= 15 is 0 Å². The van der Waals surface area contributed by atoms with Gasteiger partial charge in [-0.2, -0.15) is 0 Å². The van der Waals surface area contributed by atoms with Crippen molar-refractivity contribution in [2.75, 3.05) is 20.1 Å². The quantitative estimate of drug-likeness (QED) is 0.735. The molecule has 0 atom stereocenters. The van der Waals surface area contributed by atoms with E-state index in [1.165, 1.54) is 0 Å². The Labute approximate surface area is 111 Å². The lowest BCUT2D eigenvalue weighted by atomic mass is 9.68. The predicted octanol–water partition coefficient (Wildman–Crippen LogP) is 0.738. The number of nitrogens with zero attached hydrogens (tertiary/aromatic N) is 1. The lowest BCUT2D eigenvalue weighted by Gasteiger charge is -2.37. The first-order valence-electron chi connectivity index (χ1n) is 6.20. The summed E-state index contributed by atoms with van der Waals surface area (Å²) in [6.45, 7) is -1.71. The molecule has 2 fully saturated rings. The molecule has 0 N–H and O–H groups in total. The van der Waals surface area contributed by atoms with E-state index in [1.807, 2.05) is 43.5 Å². The van der Waals surface area contributed by atoms with Gasteiger partial charge in [-0.15, -0.1) is 0 Å². The van der Waals surface area contributed by atoms with E-state index in [0.29, 0.717) is 0 Å². The Hall–Kier alpha value is -2.08. The van der Waals surface area contributed by atoms with Crippen LogP contribution in [0.15, 0.2) is 36.3 Å². The molecule has 1 aromatic rings. The van der Waals surface area contributed by atoms with E-state index in [1.54, 1.807) is 5.98 Å². The maximum absolute atomic E-state index is 11.5. The summed E-state index contributed by atoms with van der Waals surface area (Å²) in [5.74, 6) is 1.06. The van der Waals surface area contributed by atoms with Crippen molar-refractivity contribution in [2.24, 2.45) is 0 Å². The van der Waals surface area contributed by atoms with Crippen LogP contribution in [0, 0.1) is 0 Å². The van der Waals surface area contributed by atoms with Gasteiger partial charge in [0.25, 0.3) is 0 Å². The van der Waals surface area contributed by atoms with Crippen LogP contribution in [0.25, 0.3) is 6.08 Å². The molecule has 98 valence electrons. The molecule has 0 amide bonds. The molecule has 2 aliphatic rings. The zero-order valence-electron chi connectivity index (χ0n) is 10.6. The zero-order chi connectivity index (χ0) is 13.5. The molecule has 0 aromatic heterocycles. The number of carbonyl (C=O) groups is 2. The molecule has 3 rings (SSSR count). The molecular formula is C13H14BNO4. The van der Waals surface area contributed by atoms with Crippen molar-refractivity contribution in [3.05, 3.63) is 41.9 Å². The Morgan fingerprint density at radius 1 is 1.11 bits per heavy atom. The van der Waals surface area contributed by atoms with Crippen molar-refractivity contribution < 1.29 is 23.3 Å². The van der Waals surface area contributed by atoms with E-state index in [-0.39, 0.29) is 29.4 Å². The molecule has 0 saturated carbocycles. The first-order valence-corrected chi connectivity index (χ1v) is 6.20. The lowest BCUT2D eigenvalue weighted by Crippen LogP contribution is -2.58. The first kappa shape index (κ1) is 12.0. The third-order valence-corrected chi connectivity index (χ3v) is 3.78. The van der Waals surface area contributed by atoms with E-state index < -0.39 is 6.69 Å². The molecule has 2 heterocycles. The second kappa shape index (κ2) is 3.96. The van der Waals surface area contributed by atoms with Crippen molar-refractivity contribution in [3.63, 3.8) is 0 Å². The fraction of sp³-hybridized carbons (Fsp3) is 0.231. The maximum Gasteiger partial charge on any atom is 0.607 e. The lowest BCUT2D eigenvalue weighted by molar-refractivity contribution is -0.791. The van der Waals surface area contributed by atoms with Crippen LogP contribution in [0.2, 0.25) is 0 Å². The summed E-state index contributed by atoms with van der Waals surface area (Å²) in [6.07, 6.45) is 1.83. The van der Waals surface area contributed by atoms with Crippen LogP contribution in [0.5, 0.6) is 0 Å². The van der Waals surface area contributed by atoms with Gasteiger partial charge in [0.2, 0.25) is 0 Å². The minimum absolute atomic E-state index is 0.171. The number of likely N-dealkylation sites (N-methyl/N-ethyl adjacent to an activating group) is 1. The molecule has 0 radical (unpaired) electrons. The number of quaternary nitrogens is 1. The summed E-state index contributed by atoms with van der Waals surface area (Å²) < 4.78 is 10.8. The van der Waals surface area contributed by atoms with Gasteiger partial charge in [0, 0.05) is 7.05 Å². The number of benzene rings is 1. The second-order valence-electron chi connectivity index (χ2n) is 5.27. The van der Waals surface area contributed by atoms with E-state index in [2.05, 4.69) is 0 Å². The fourth-order valence-corrected chi connectivity index (χ4v) is 2.71. The third-order valence-electron chi connectivity index (χ3n) is 3.78. The Kier molecular flexibility index (Phi) is 2.50. The van der Waals surface area contributed by atoms with Gasteiger partial charge < -0.3 is 13.7 Å². The Morgan fingerprint density at radius 2 is 1.68 bits per heavy atom. The first-order chi connectivity index (χ1) is 9.03. The highest BCUT2D eigenvalue weighted by molar-refractivity contribution is 6.71. The van der Waals surface area contributed by atoms with E-state index in [4.69, 9.17) is 9.31 Å². The third kappa shape index (κ3) is 1.84. The number of hydrogen-bond donors (Lipinski definition) is 0. The van der Waals surface area contributed by atoms with Gasteiger partial charge in [-0.3, -0.25) is 9.59 Å². The van der Waals surface area contributed by atoms with Crippen LogP contribution >= 0.6 is 0 Å². The minimum Gasteiger partial charge on any atom is -0.596 e. The Morgan fingerprint density at radius 3 is 2.26 bits per heavy atom. The standard InChI is InChI=1S/C13H14BNO4/c1-15-9-12(16)18-14(15,19-13(17)10-15)8-7-11-5-3-2-4-6-11/h2-8H,9-10H2,1H3. The van der Waals surface area contributed by atoms with E-state index in [9.17, 15) is 9.59 Å². The molecular weight excluding hydrogens is 245 g/mol. The minimum atomic E-state index is -2.05. The molecule has 2 saturated heterocycles. The highest BCUT2D eigenvalue weighted by Gasteiger charge is 2.63. The smallest absolute Gasteiger partial charge is 0.596 e. The molecule has 1 aromatic carbocycles. The predicted molar refractivity (Wildman–Crippen MR) is 69.3 cm³/mol. The van der Waals surface area contributed by atoms with Crippen LogP contribution < -0.4 is 0 Å². The molecule has 6 heteroatoms. The molecule has 19 heavy (non-hydrogen) atoms. The van der Waals surface area contributed by atoms with Crippen molar-refractivity contribution in [1.82, 2.24) is 0 Å². The molecule has 0 unspecified atom stereocenters. The van der Waals surface area contributed by atoms with Crippen molar-refractivity contribution in [3.8, 4) is 0 Å². The van der Waals surface area contributed by atoms with Crippen LogP contribution in [0.4, 0.5) is 0 Å². The van der Waals surface area contributed by atoms with Crippen LogP contribution in [0.1, 0.15) is 5.56 Å². The summed E-state index contributed by atoms with van der Waals surface area (Å²) in [5.41, 5.74) is 0.969. The largest absolute Gasteiger partial charge is 0.607 e. The average molecular weight is 259 g/mol. The summed E-state index contributed by atoms with van der Waals surface area (Å²) in [7, 11) is 1.81. The molecule has 2 aliphatic heterocycles. The summed E-state index contributed by atoms with van der Waals surface area (Å²) in [4.78, 5) is 23.1. The van der Waals surface area contributed by atoms with Crippen LogP contribution in [0.3, 0.4) is 0 Å². The highest BCUT2D eigenvalue weighted by Crippen LogP contribution is 2.34.